The molecule has 0 amide bonds. The minimum absolute atomic E-state index is 0.217. The number of hydrogen-bond donors (Lipinski definition) is 1. The summed E-state index contributed by atoms with van der Waals surface area (Å²) in [5, 5.41) is 11.0. The van der Waals surface area contributed by atoms with Gasteiger partial charge in [-0.05, 0) is 30.2 Å². The second-order valence-corrected chi connectivity index (χ2v) is 4.71. The van der Waals surface area contributed by atoms with Gasteiger partial charge in [-0.2, -0.15) is 4.98 Å². The Hall–Kier alpha value is -1.85. The molecule has 20 heavy (non-hydrogen) atoms. The molecule has 1 heterocycles. The number of aliphatic hydroxyl groups is 1. The number of nitrogens with zero attached hydrogens (tertiary/aromatic N) is 2. The zero-order valence-corrected chi connectivity index (χ0v) is 12.2. The third-order valence-corrected chi connectivity index (χ3v) is 3.00. The third kappa shape index (κ3) is 3.00. The largest absolute Gasteiger partial charge is 0.480 e. The van der Waals surface area contributed by atoms with E-state index >= 15 is 0 Å². The van der Waals surface area contributed by atoms with Crippen LogP contribution >= 0.6 is 11.6 Å². The first-order chi connectivity index (χ1) is 9.55. The van der Waals surface area contributed by atoms with Crippen molar-refractivity contribution >= 4 is 11.6 Å². The fourth-order valence-electron chi connectivity index (χ4n) is 1.88. The predicted molar refractivity (Wildman–Crippen MR) is 75.4 cm³/mol. The van der Waals surface area contributed by atoms with E-state index in [1.807, 2.05) is 19.1 Å². The van der Waals surface area contributed by atoms with Gasteiger partial charge in [-0.15, -0.1) is 0 Å². The van der Waals surface area contributed by atoms with Crippen LogP contribution in [0.15, 0.2) is 24.4 Å². The highest BCUT2D eigenvalue weighted by Crippen LogP contribution is 2.30. The van der Waals surface area contributed by atoms with Crippen molar-refractivity contribution in [3.05, 3.63) is 46.2 Å². The molecule has 0 fully saturated rings. The summed E-state index contributed by atoms with van der Waals surface area (Å²) in [6, 6.07) is 5.33. The lowest BCUT2D eigenvalue weighted by atomic mass is 10.0. The van der Waals surface area contributed by atoms with E-state index in [9.17, 15) is 5.11 Å². The first kappa shape index (κ1) is 14.6. The molecule has 0 aliphatic heterocycles. The minimum atomic E-state index is -0.972. The summed E-state index contributed by atoms with van der Waals surface area (Å²) in [5.74, 6) is 0.537. The molecule has 0 aliphatic rings. The summed E-state index contributed by atoms with van der Waals surface area (Å²) in [4.78, 5) is 8.25. The van der Waals surface area contributed by atoms with Gasteiger partial charge in [0.1, 0.15) is 11.8 Å². The summed E-state index contributed by atoms with van der Waals surface area (Å²) in [7, 11) is 2.95. The molecule has 1 aromatic heterocycles. The average Bonchev–Trinajstić information content (AvgIpc) is 2.44. The van der Waals surface area contributed by atoms with E-state index in [4.69, 9.17) is 21.1 Å². The van der Waals surface area contributed by atoms with Crippen LogP contribution in [-0.4, -0.2) is 29.3 Å². The lowest BCUT2D eigenvalue weighted by Gasteiger charge is -2.14. The van der Waals surface area contributed by atoms with Crippen molar-refractivity contribution in [2.45, 2.75) is 13.0 Å². The molecule has 2 rings (SSSR count). The van der Waals surface area contributed by atoms with Crippen LogP contribution in [0.1, 0.15) is 22.9 Å². The van der Waals surface area contributed by atoms with Crippen LogP contribution in [-0.2, 0) is 0 Å². The molecule has 1 aromatic carbocycles. The van der Waals surface area contributed by atoms with Gasteiger partial charge in [0.15, 0.2) is 0 Å². The Morgan fingerprint density at radius 2 is 1.95 bits per heavy atom. The molecule has 1 N–H and O–H groups in total. The van der Waals surface area contributed by atoms with Crippen LogP contribution in [0.2, 0.25) is 5.02 Å². The fourth-order valence-corrected chi connectivity index (χ4v) is 2.18. The molecule has 1 unspecified atom stereocenters. The second-order valence-electron chi connectivity index (χ2n) is 4.27. The molecule has 5 nitrogen and oxygen atoms in total. The number of aliphatic hydroxyl groups excluding tert-OH is 1. The Morgan fingerprint density at radius 3 is 2.55 bits per heavy atom. The van der Waals surface area contributed by atoms with Crippen molar-refractivity contribution < 1.29 is 14.6 Å². The number of benzene rings is 1. The first-order valence-electron chi connectivity index (χ1n) is 5.95. The Morgan fingerprint density at radius 1 is 1.20 bits per heavy atom. The Kier molecular flexibility index (Phi) is 4.42. The Balaban J connectivity index is 2.44. The molecular formula is C14H15ClN2O3. The van der Waals surface area contributed by atoms with E-state index in [-0.39, 0.29) is 5.88 Å². The normalized spacial score (nSPS) is 12.1. The van der Waals surface area contributed by atoms with Crippen LogP contribution in [0.4, 0.5) is 0 Å². The van der Waals surface area contributed by atoms with Gasteiger partial charge in [0, 0.05) is 5.02 Å². The van der Waals surface area contributed by atoms with Gasteiger partial charge >= 0.3 is 0 Å². The Labute approximate surface area is 122 Å². The first-order valence-corrected chi connectivity index (χ1v) is 6.33. The van der Waals surface area contributed by atoms with Gasteiger partial charge in [-0.3, -0.25) is 0 Å². The average molecular weight is 295 g/mol. The van der Waals surface area contributed by atoms with E-state index in [1.54, 1.807) is 6.07 Å². The van der Waals surface area contributed by atoms with Crippen molar-refractivity contribution in [1.82, 2.24) is 9.97 Å². The van der Waals surface area contributed by atoms with Gasteiger partial charge in [0.2, 0.25) is 11.8 Å². The molecular weight excluding hydrogens is 280 g/mol. The molecule has 2 aromatic rings. The van der Waals surface area contributed by atoms with Crippen LogP contribution in [0.25, 0.3) is 0 Å². The zero-order valence-electron chi connectivity index (χ0n) is 11.4. The van der Waals surface area contributed by atoms with Crippen LogP contribution in [0.5, 0.6) is 11.8 Å². The number of aromatic nitrogens is 2. The van der Waals surface area contributed by atoms with E-state index in [0.717, 1.165) is 5.56 Å². The monoisotopic (exact) mass is 294 g/mol. The molecule has 0 saturated carbocycles. The van der Waals surface area contributed by atoms with Gasteiger partial charge in [0.25, 0.3) is 0 Å². The van der Waals surface area contributed by atoms with Gasteiger partial charge in [0.05, 0.1) is 20.4 Å². The smallest absolute Gasteiger partial charge is 0.241 e. The van der Waals surface area contributed by atoms with E-state index in [1.165, 1.54) is 20.4 Å². The highest BCUT2D eigenvalue weighted by atomic mass is 35.5. The topological polar surface area (TPSA) is 64.5 Å². The fraction of sp³-hybridized carbons (Fsp3) is 0.286. The highest BCUT2D eigenvalue weighted by molar-refractivity contribution is 6.30. The minimum Gasteiger partial charge on any atom is -0.480 e. The standard InChI is InChI=1S/C14H15ClN2O3/c1-8-4-9(6-10(15)5-8)13(18)12-14(20-3)17-11(19-2)7-16-12/h4-7,13,18H,1-3H3. The number of rotatable bonds is 4. The van der Waals surface area contributed by atoms with Crippen molar-refractivity contribution in [2.75, 3.05) is 14.2 Å². The highest BCUT2D eigenvalue weighted by Gasteiger charge is 2.20. The quantitative estimate of drug-likeness (QED) is 0.939. The number of methoxy groups -OCH3 is 2. The SMILES string of the molecule is COc1cnc(C(O)c2cc(C)cc(Cl)c2)c(OC)n1. The second kappa shape index (κ2) is 6.07. The molecule has 0 aliphatic carbocycles. The molecule has 0 spiro atoms. The summed E-state index contributed by atoms with van der Waals surface area (Å²) >= 11 is 6.00. The predicted octanol–water partition coefficient (Wildman–Crippen LogP) is 2.54. The van der Waals surface area contributed by atoms with Crippen LogP contribution < -0.4 is 9.47 Å². The van der Waals surface area contributed by atoms with Gasteiger partial charge in [-0.25, -0.2) is 4.98 Å². The van der Waals surface area contributed by atoms with E-state index < -0.39 is 6.10 Å². The summed E-state index contributed by atoms with van der Waals surface area (Å²) in [6.07, 6.45) is 0.458. The molecule has 0 saturated heterocycles. The maximum Gasteiger partial charge on any atom is 0.241 e. The summed E-state index contributed by atoms with van der Waals surface area (Å²) < 4.78 is 10.1. The maximum absolute atomic E-state index is 10.4. The van der Waals surface area contributed by atoms with Gasteiger partial charge in [-0.1, -0.05) is 17.7 Å². The van der Waals surface area contributed by atoms with Crippen molar-refractivity contribution in [3.63, 3.8) is 0 Å². The molecule has 1 atom stereocenters. The van der Waals surface area contributed by atoms with E-state index in [0.29, 0.717) is 22.2 Å². The lowest BCUT2D eigenvalue weighted by Crippen LogP contribution is -2.07. The molecule has 106 valence electrons. The van der Waals surface area contributed by atoms with Crippen LogP contribution in [0.3, 0.4) is 0 Å². The molecule has 0 radical (unpaired) electrons. The number of aryl methyl sites for hydroxylation is 1. The number of ether oxygens (including phenoxy) is 2. The summed E-state index contributed by atoms with van der Waals surface area (Å²) in [6.45, 7) is 1.90. The number of hydrogen-bond acceptors (Lipinski definition) is 5. The summed E-state index contributed by atoms with van der Waals surface area (Å²) in [5.41, 5.74) is 1.90. The molecule has 6 heteroatoms. The third-order valence-electron chi connectivity index (χ3n) is 2.79. The van der Waals surface area contributed by atoms with Crippen LogP contribution in [0, 0.1) is 6.92 Å². The van der Waals surface area contributed by atoms with Crippen molar-refractivity contribution in [3.8, 4) is 11.8 Å². The van der Waals surface area contributed by atoms with Gasteiger partial charge < -0.3 is 14.6 Å². The Bertz CT molecular complexity index is 599. The number of halogens is 1. The lowest BCUT2D eigenvalue weighted by molar-refractivity contribution is 0.206. The van der Waals surface area contributed by atoms with Crippen molar-refractivity contribution in [2.24, 2.45) is 0 Å². The molecule has 0 bridgehead atoms. The van der Waals surface area contributed by atoms with E-state index in [2.05, 4.69) is 9.97 Å². The maximum atomic E-state index is 10.4. The van der Waals surface area contributed by atoms with Crippen molar-refractivity contribution in [1.29, 1.82) is 0 Å². The zero-order chi connectivity index (χ0) is 14.7.